The quantitative estimate of drug-likeness (QED) is 0.784. The summed E-state index contributed by atoms with van der Waals surface area (Å²) in [7, 11) is 0. The van der Waals surface area contributed by atoms with Gasteiger partial charge in [0, 0.05) is 18.3 Å². The molecular weight excluding hydrogens is 278 g/mol. The fourth-order valence-electron chi connectivity index (χ4n) is 1.95. The summed E-state index contributed by atoms with van der Waals surface area (Å²) in [5.74, 6) is 1.18. The molecule has 0 aliphatic carbocycles. The van der Waals surface area contributed by atoms with Crippen LogP contribution in [0, 0.1) is 5.41 Å². The van der Waals surface area contributed by atoms with Crippen LogP contribution >= 0.6 is 17.0 Å². The summed E-state index contributed by atoms with van der Waals surface area (Å²) < 4.78 is 0. The molecule has 0 aromatic heterocycles. The number of fused-ring (bicyclic) bond motifs is 2. The standard InChI is InChI=1S/C13H11N3.BrH/c14-13-11-6-2-1-5-10(11)9-16-8-4-3-7-12(16)15-13;/h1-8,14H,9H2;1H. The molecule has 3 rings (SSSR count). The van der Waals surface area contributed by atoms with Crippen LogP contribution in [0.5, 0.6) is 0 Å². The van der Waals surface area contributed by atoms with Crippen molar-refractivity contribution in [2.45, 2.75) is 6.54 Å². The minimum atomic E-state index is 0. The summed E-state index contributed by atoms with van der Waals surface area (Å²) in [5, 5.41) is 7.96. The zero-order valence-electron chi connectivity index (χ0n) is 9.13. The molecule has 0 bridgehead atoms. The molecule has 0 atom stereocenters. The second-order valence-corrected chi connectivity index (χ2v) is 3.80. The lowest BCUT2D eigenvalue weighted by atomic mass is 10.1. The van der Waals surface area contributed by atoms with Crippen LogP contribution in [0.15, 0.2) is 53.7 Å². The Morgan fingerprint density at radius 1 is 1.18 bits per heavy atom. The van der Waals surface area contributed by atoms with Gasteiger partial charge in [-0.1, -0.05) is 30.3 Å². The van der Waals surface area contributed by atoms with E-state index in [0.717, 1.165) is 23.5 Å². The van der Waals surface area contributed by atoms with E-state index in [0.29, 0.717) is 5.84 Å². The minimum absolute atomic E-state index is 0. The van der Waals surface area contributed by atoms with Crippen LogP contribution in [0.4, 0.5) is 0 Å². The first kappa shape index (κ1) is 11.8. The molecule has 1 aromatic rings. The summed E-state index contributed by atoms with van der Waals surface area (Å²) >= 11 is 0. The average Bonchev–Trinajstić information content (AvgIpc) is 2.45. The molecule has 86 valence electrons. The molecule has 2 aliphatic heterocycles. The Kier molecular flexibility index (Phi) is 3.24. The molecule has 17 heavy (non-hydrogen) atoms. The van der Waals surface area contributed by atoms with E-state index in [-0.39, 0.29) is 17.0 Å². The highest BCUT2D eigenvalue weighted by molar-refractivity contribution is 8.93. The summed E-state index contributed by atoms with van der Waals surface area (Å²) in [4.78, 5) is 6.38. The van der Waals surface area contributed by atoms with E-state index in [1.807, 2.05) is 42.6 Å². The molecule has 2 heterocycles. The molecule has 2 aliphatic rings. The van der Waals surface area contributed by atoms with E-state index in [1.54, 1.807) is 0 Å². The molecule has 0 fully saturated rings. The van der Waals surface area contributed by atoms with Crippen LogP contribution < -0.4 is 0 Å². The number of hydrogen-bond donors (Lipinski definition) is 1. The largest absolute Gasteiger partial charge is 0.329 e. The van der Waals surface area contributed by atoms with Crippen LogP contribution in [0.25, 0.3) is 0 Å². The van der Waals surface area contributed by atoms with Gasteiger partial charge in [-0.2, -0.15) is 0 Å². The van der Waals surface area contributed by atoms with Crippen molar-refractivity contribution in [3.05, 3.63) is 59.8 Å². The molecule has 4 heteroatoms. The van der Waals surface area contributed by atoms with Gasteiger partial charge in [0.1, 0.15) is 5.84 Å². The topological polar surface area (TPSA) is 39.5 Å². The predicted octanol–water partition coefficient (Wildman–Crippen LogP) is 2.89. The van der Waals surface area contributed by atoms with Crippen molar-refractivity contribution in [1.29, 1.82) is 5.41 Å². The van der Waals surface area contributed by atoms with Gasteiger partial charge in [0.25, 0.3) is 0 Å². The fourth-order valence-corrected chi connectivity index (χ4v) is 1.95. The third kappa shape index (κ3) is 2.08. The van der Waals surface area contributed by atoms with Crippen molar-refractivity contribution in [2.75, 3.05) is 0 Å². The number of halogens is 1. The second-order valence-electron chi connectivity index (χ2n) is 3.80. The summed E-state index contributed by atoms with van der Waals surface area (Å²) in [6.45, 7) is 0.776. The Balaban J connectivity index is 0.00000108. The molecule has 0 saturated heterocycles. The summed E-state index contributed by atoms with van der Waals surface area (Å²) in [6, 6.07) is 7.95. The minimum Gasteiger partial charge on any atom is -0.329 e. The Morgan fingerprint density at radius 3 is 2.88 bits per heavy atom. The molecule has 0 unspecified atom stereocenters. The number of benzene rings is 1. The van der Waals surface area contributed by atoms with Crippen molar-refractivity contribution >= 4 is 28.7 Å². The lowest BCUT2D eigenvalue weighted by molar-refractivity contribution is 0.556. The van der Waals surface area contributed by atoms with Crippen molar-refractivity contribution in [2.24, 2.45) is 4.99 Å². The molecule has 0 saturated carbocycles. The zero-order valence-corrected chi connectivity index (χ0v) is 10.8. The smallest absolute Gasteiger partial charge is 0.154 e. The van der Waals surface area contributed by atoms with Gasteiger partial charge >= 0.3 is 0 Å². The summed E-state index contributed by atoms with van der Waals surface area (Å²) in [5.41, 5.74) is 2.07. The van der Waals surface area contributed by atoms with Crippen LogP contribution in [0.2, 0.25) is 0 Å². The molecule has 0 radical (unpaired) electrons. The van der Waals surface area contributed by atoms with Gasteiger partial charge in [-0.15, -0.1) is 17.0 Å². The lowest BCUT2D eigenvalue weighted by Gasteiger charge is -2.20. The van der Waals surface area contributed by atoms with Gasteiger partial charge in [0.2, 0.25) is 0 Å². The highest BCUT2D eigenvalue weighted by atomic mass is 79.9. The van der Waals surface area contributed by atoms with E-state index in [1.165, 1.54) is 0 Å². The van der Waals surface area contributed by atoms with E-state index in [4.69, 9.17) is 5.41 Å². The Hall–Kier alpha value is -1.68. The monoisotopic (exact) mass is 289 g/mol. The molecular formula is C13H12BrN3. The number of allylic oxidation sites excluding steroid dienone is 2. The predicted molar refractivity (Wildman–Crippen MR) is 74.9 cm³/mol. The highest BCUT2D eigenvalue weighted by Gasteiger charge is 2.18. The Morgan fingerprint density at radius 2 is 2.00 bits per heavy atom. The zero-order chi connectivity index (χ0) is 11.0. The van der Waals surface area contributed by atoms with Gasteiger partial charge in [0.05, 0.1) is 0 Å². The van der Waals surface area contributed by atoms with Crippen molar-refractivity contribution < 1.29 is 0 Å². The van der Waals surface area contributed by atoms with Crippen LogP contribution in [0.3, 0.4) is 0 Å². The number of nitrogens with one attached hydrogen (secondary N) is 1. The molecule has 3 nitrogen and oxygen atoms in total. The van der Waals surface area contributed by atoms with Crippen molar-refractivity contribution in [3.63, 3.8) is 0 Å². The number of nitrogens with zero attached hydrogens (tertiary/aromatic N) is 2. The number of hydrogen-bond acceptors (Lipinski definition) is 2. The lowest BCUT2D eigenvalue weighted by Crippen LogP contribution is -2.24. The fraction of sp³-hybridized carbons (Fsp3) is 0.0769. The maximum Gasteiger partial charge on any atom is 0.154 e. The van der Waals surface area contributed by atoms with Gasteiger partial charge < -0.3 is 4.90 Å². The number of aliphatic imine (C=N–C) groups is 1. The first-order valence-electron chi connectivity index (χ1n) is 5.21. The maximum atomic E-state index is 7.96. The third-order valence-electron chi connectivity index (χ3n) is 2.76. The highest BCUT2D eigenvalue weighted by Crippen LogP contribution is 2.19. The maximum absolute atomic E-state index is 7.96. The van der Waals surface area contributed by atoms with Crippen LogP contribution in [0.1, 0.15) is 11.1 Å². The average molecular weight is 290 g/mol. The van der Waals surface area contributed by atoms with Gasteiger partial charge in [-0.3, -0.25) is 5.41 Å². The van der Waals surface area contributed by atoms with E-state index in [2.05, 4.69) is 16.0 Å². The molecule has 0 spiro atoms. The van der Waals surface area contributed by atoms with E-state index < -0.39 is 0 Å². The first-order valence-corrected chi connectivity index (χ1v) is 5.21. The molecule has 1 aromatic carbocycles. The third-order valence-corrected chi connectivity index (χ3v) is 2.76. The van der Waals surface area contributed by atoms with E-state index >= 15 is 0 Å². The Bertz CT molecular complexity index is 543. The van der Waals surface area contributed by atoms with E-state index in [9.17, 15) is 0 Å². The first-order chi connectivity index (χ1) is 7.84. The van der Waals surface area contributed by atoms with Gasteiger partial charge in [-0.05, 0) is 17.7 Å². The number of rotatable bonds is 0. The molecule has 0 amide bonds. The van der Waals surface area contributed by atoms with Gasteiger partial charge in [-0.25, -0.2) is 4.99 Å². The van der Waals surface area contributed by atoms with Crippen LogP contribution in [-0.2, 0) is 6.54 Å². The normalized spacial score (nSPS) is 16.6. The van der Waals surface area contributed by atoms with Gasteiger partial charge in [0.15, 0.2) is 5.84 Å². The second kappa shape index (κ2) is 4.67. The van der Waals surface area contributed by atoms with Crippen molar-refractivity contribution in [3.8, 4) is 0 Å². The van der Waals surface area contributed by atoms with Crippen LogP contribution in [-0.4, -0.2) is 16.6 Å². The van der Waals surface area contributed by atoms with Crippen molar-refractivity contribution in [1.82, 2.24) is 4.90 Å². The number of amidine groups is 2. The Labute approximate surface area is 110 Å². The SMILES string of the molecule is Br.N=C1N=C2C=CC=CN2Cc2ccccc21. The molecule has 1 N–H and O–H groups in total. The summed E-state index contributed by atoms with van der Waals surface area (Å²) in [6.07, 6.45) is 7.85.